The van der Waals surface area contributed by atoms with Crippen molar-refractivity contribution in [3.8, 4) is 10.7 Å². The molecule has 2 heterocycles. The fourth-order valence-corrected chi connectivity index (χ4v) is 3.97. The van der Waals surface area contributed by atoms with E-state index in [2.05, 4.69) is 21.3 Å². The quantitative estimate of drug-likeness (QED) is 0.334. The van der Waals surface area contributed by atoms with Crippen molar-refractivity contribution in [2.24, 2.45) is 5.92 Å². The summed E-state index contributed by atoms with van der Waals surface area (Å²) in [5.74, 6) is -0.165. The van der Waals surface area contributed by atoms with Crippen LogP contribution in [0.4, 0.5) is 0 Å². The zero-order valence-electron chi connectivity index (χ0n) is 16.6. The van der Waals surface area contributed by atoms with Gasteiger partial charge in [-0.2, -0.15) is 0 Å². The first-order valence-corrected chi connectivity index (χ1v) is 10.3. The van der Waals surface area contributed by atoms with Crippen molar-refractivity contribution in [3.05, 3.63) is 46.0 Å². The Balaban J connectivity index is 2.14. The highest BCUT2D eigenvalue weighted by Crippen LogP contribution is 2.28. The van der Waals surface area contributed by atoms with Crippen LogP contribution in [0.15, 0.2) is 35.3 Å². The Morgan fingerprint density at radius 2 is 1.93 bits per heavy atom. The fraction of sp³-hybridized carbons (Fsp3) is 0.350. The zero-order valence-corrected chi connectivity index (χ0v) is 18.2. The Kier molecular flexibility index (Phi) is 8.10. The maximum absolute atomic E-state index is 11.5. The van der Waals surface area contributed by atoms with Crippen molar-refractivity contribution in [2.45, 2.75) is 20.0 Å². The molecular formula is C20H24N2O4S2. The summed E-state index contributed by atoms with van der Waals surface area (Å²) >= 11 is 3.09. The first-order chi connectivity index (χ1) is 13.4. The van der Waals surface area contributed by atoms with Gasteiger partial charge in [-0.3, -0.25) is 0 Å². The molecule has 0 aliphatic heterocycles. The number of carbonyl (C=O) groups excluding carboxylic acids is 1. The SMILES string of the molecule is C=C(C)c1nc(-c2nc(C=CC(OC)C(C)C(=CC(=O)OC)OC)cs2)cs1. The second-order valence-electron chi connectivity index (χ2n) is 6.02. The van der Waals surface area contributed by atoms with Crippen molar-refractivity contribution in [3.63, 3.8) is 0 Å². The summed E-state index contributed by atoms with van der Waals surface area (Å²) in [6, 6.07) is 0. The number of thiazole rings is 2. The first kappa shape index (κ1) is 22.0. The molecule has 0 radical (unpaired) electrons. The summed E-state index contributed by atoms with van der Waals surface area (Å²) in [5.41, 5.74) is 2.61. The molecule has 2 rings (SSSR count). The second kappa shape index (κ2) is 10.3. The van der Waals surface area contributed by atoms with E-state index in [9.17, 15) is 4.79 Å². The number of hydrogen-bond acceptors (Lipinski definition) is 8. The normalized spacial score (nSPS) is 14.1. The van der Waals surface area contributed by atoms with Gasteiger partial charge in [0.1, 0.15) is 21.5 Å². The van der Waals surface area contributed by atoms with Gasteiger partial charge in [0.15, 0.2) is 0 Å². The molecule has 0 saturated carbocycles. The van der Waals surface area contributed by atoms with Crippen LogP contribution >= 0.6 is 22.7 Å². The number of rotatable bonds is 9. The molecule has 0 aromatic carbocycles. The van der Waals surface area contributed by atoms with Gasteiger partial charge in [0.05, 0.1) is 32.1 Å². The molecule has 0 fully saturated rings. The van der Waals surface area contributed by atoms with Gasteiger partial charge in [-0.05, 0) is 18.6 Å². The molecule has 2 aromatic heterocycles. The third kappa shape index (κ3) is 5.60. The molecule has 0 saturated heterocycles. The zero-order chi connectivity index (χ0) is 20.7. The van der Waals surface area contributed by atoms with Crippen LogP contribution < -0.4 is 0 Å². The third-order valence-corrected chi connectivity index (χ3v) is 5.86. The van der Waals surface area contributed by atoms with E-state index in [1.807, 2.05) is 36.8 Å². The smallest absolute Gasteiger partial charge is 0.333 e. The number of carbonyl (C=O) groups is 1. The van der Waals surface area contributed by atoms with Gasteiger partial charge >= 0.3 is 5.97 Å². The number of methoxy groups -OCH3 is 3. The summed E-state index contributed by atoms with van der Waals surface area (Å²) in [6.45, 7) is 7.77. The lowest BCUT2D eigenvalue weighted by Crippen LogP contribution is -2.21. The summed E-state index contributed by atoms with van der Waals surface area (Å²) in [5, 5.41) is 5.72. The lowest BCUT2D eigenvalue weighted by atomic mass is 10.0. The number of ether oxygens (including phenoxy) is 3. The van der Waals surface area contributed by atoms with Crippen molar-refractivity contribution in [1.82, 2.24) is 9.97 Å². The average Bonchev–Trinajstić information content (AvgIpc) is 3.35. The first-order valence-electron chi connectivity index (χ1n) is 8.51. The lowest BCUT2D eigenvalue weighted by molar-refractivity contribution is -0.135. The summed E-state index contributed by atoms with van der Waals surface area (Å²) in [4.78, 5) is 20.7. The van der Waals surface area contributed by atoms with Crippen LogP contribution in [0, 0.1) is 5.92 Å². The maximum Gasteiger partial charge on any atom is 0.333 e. The summed E-state index contributed by atoms with van der Waals surface area (Å²) in [6.07, 6.45) is 4.82. The van der Waals surface area contributed by atoms with Crippen LogP contribution in [0.1, 0.15) is 24.5 Å². The minimum atomic E-state index is -0.468. The molecule has 0 spiro atoms. The van der Waals surface area contributed by atoms with Crippen molar-refractivity contribution in [2.75, 3.05) is 21.3 Å². The second-order valence-corrected chi connectivity index (χ2v) is 7.73. The maximum atomic E-state index is 11.5. The lowest BCUT2D eigenvalue weighted by Gasteiger charge is -2.21. The molecule has 0 aliphatic carbocycles. The van der Waals surface area contributed by atoms with E-state index in [0.717, 1.165) is 27.0 Å². The van der Waals surface area contributed by atoms with Crippen molar-refractivity contribution >= 4 is 40.3 Å². The fourth-order valence-electron chi connectivity index (χ4n) is 2.40. The number of esters is 1. The standard InChI is InChI=1S/C20H24N2O4S2/c1-12(2)19-22-15(11-28-19)20-21-14(10-27-20)7-8-16(24-4)13(3)17(25-5)9-18(23)26-6/h7-11,13,16H,1H2,2-6H3. The van der Waals surface area contributed by atoms with E-state index in [4.69, 9.17) is 9.47 Å². The molecule has 0 amide bonds. The van der Waals surface area contributed by atoms with E-state index in [1.54, 1.807) is 18.4 Å². The predicted molar refractivity (Wildman–Crippen MR) is 114 cm³/mol. The molecule has 2 atom stereocenters. The van der Waals surface area contributed by atoms with Crippen molar-refractivity contribution in [1.29, 1.82) is 0 Å². The topological polar surface area (TPSA) is 70.5 Å². The Labute approximate surface area is 173 Å². The van der Waals surface area contributed by atoms with Gasteiger partial charge in [-0.1, -0.05) is 19.6 Å². The molecule has 2 aromatic rings. The Morgan fingerprint density at radius 1 is 1.18 bits per heavy atom. The monoisotopic (exact) mass is 420 g/mol. The molecule has 28 heavy (non-hydrogen) atoms. The third-order valence-electron chi connectivity index (χ3n) is 3.98. The van der Waals surface area contributed by atoms with Gasteiger partial charge in [-0.15, -0.1) is 22.7 Å². The van der Waals surface area contributed by atoms with Crippen molar-refractivity contribution < 1.29 is 19.0 Å². The van der Waals surface area contributed by atoms with Gasteiger partial charge in [0.2, 0.25) is 0 Å². The van der Waals surface area contributed by atoms with E-state index in [-0.39, 0.29) is 12.0 Å². The van der Waals surface area contributed by atoms with E-state index < -0.39 is 5.97 Å². The molecule has 8 heteroatoms. The summed E-state index contributed by atoms with van der Waals surface area (Å²) in [7, 11) is 4.45. The molecule has 150 valence electrons. The Morgan fingerprint density at radius 3 is 2.50 bits per heavy atom. The number of aromatic nitrogens is 2. The highest BCUT2D eigenvalue weighted by molar-refractivity contribution is 7.14. The highest BCUT2D eigenvalue weighted by atomic mass is 32.1. The van der Waals surface area contributed by atoms with Crippen LogP contribution in [-0.2, 0) is 19.0 Å². The van der Waals surface area contributed by atoms with Crippen LogP contribution in [0.2, 0.25) is 0 Å². The number of hydrogen-bond donors (Lipinski definition) is 0. The molecule has 6 nitrogen and oxygen atoms in total. The van der Waals surface area contributed by atoms with E-state index >= 15 is 0 Å². The van der Waals surface area contributed by atoms with Crippen LogP contribution in [0.5, 0.6) is 0 Å². The predicted octanol–water partition coefficient (Wildman–Crippen LogP) is 4.67. The molecule has 0 bridgehead atoms. The van der Waals surface area contributed by atoms with Gasteiger partial charge < -0.3 is 14.2 Å². The van der Waals surface area contributed by atoms with Crippen LogP contribution in [0.25, 0.3) is 22.4 Å². The van der Waals surface area contributed by atoms with Gasteiger partial charge in [0.25, 0.3) is 0 Å². The minimum Gasteiger partial charge on any atom is -0.500 e. The van der Waals surface area contributed by atoms with Crippen LogP contribution in [-0.4, -0.2) is 43.4 Å². The molecule has 0 N–H and O–H groups in total. The number of allylic oxidation sites excluding steroid dienone is 1. The van der Waals surface area contributed by atoms with Crippen LogP contribution in [0.3, 0.4) is 0 Å². The number of nitrogens with zero attached hydrogens (tertiary/aromatic N) is 2. The highest BCUT2D eigenvalue weighted by Gasteiger charge is 2.20. The molecule has 0 aliphatic rings. The average molecular weight is 421 g/mol. The van der Waals surface area contributed by atoms with Gasteiger partial charge in [-0.25, -0.2) is 14.8 Å². The summed E-state index contributed by atoms with van der Waals surface area (Å²) < 4.78 is 15.5. The Hall–Kier alpha value is -2.29. The largest absolute Gasteiger partial charge is 0.500 e. The molecular weight excluding hydrogens is 396 g/mol. The van der Waals surface area contributed by atoms with Gasteiger partial charge in [0, 0.05) is 23.8 Å². The van der Waals surface area contributed by atoms with E-state index in [1.165, 1.54) is 31.6 Å². The minimum absolute atomic E-state index is 0.180. The Bertz CT molecular complexity index is 882. The molecule has 2 unspecified atom stereocenters. The van der Waals surface area contributed by atoms with E-state index in [0.29, 0.717) is 5.76 Å².